The SMILES string of the molecule is COCCNc1cc(N)cc(OC)n1. The van der Waals surface area contributed by atoms with Crippen LogP contribution in [0.15, 0.2) is 12.1 Å². The van der Waals surface area contributed by atoms with E-state index in [0.717, 1.165) is 0 Å². The number of nitrogens with zero attached hydrogens (tertiary/aromatic N) is 1. The van der Waals surface area contributed by atoms with Crippen molar-refractivity contribution in [2.75, 3.05) is 38.4 Å². The molecule has 0 amide bonds. The highest BCUT2D eigenvalue weighted by molar-refractivity contribution is 5.52. The van der Waals surface area contributed by atoms with Gasteiger partial charge in [-0.1, -0.05) is 0 Å². The minimum absolute atomic E-state index is 0.505. The van der Waals surface area contributed by atoms with Gasteiger partial charge in [0.05, 0.1) is 13.7 Å². The Balaban J connectivity index is 2.62. The van der Waals surface area contributed by atoms with E-state index in [2.05, 4.69) is 10.3 Å². The van der Waals surface area contributed by atoms with Crippen LogP contribution in [-0.4, -0.2) is 32.4 Å². The molecule has 0 unspecified atom stereocenters. The van der Waals surface area contributed by atoms with Crippen LogP contribution in [-0.2, 0) is 4.74 Å². The number of aromatic nitrogens is 1. The van der Waals surface area contributed by atoms with Gasteiger partial charge in [0.15, 0.2) is 0 Å². The summed E-state index contributed by atoms with van der Waals surface area (Å²) in [4.78, 5) is 4.15. The molecule has 0 bridgehead atoms. The van der Waals surface area contributed by atoms with E-state index in [-0.39, 0.29) is 0 Å². The quantitative estimate of drug-likeness (QED) is 0.681. The van der Waals surface area contributed by atoms with Crippen LogP contribution in [0.25, 0.3) is 0 Å². The van der Waals surface area contributed by atoms with Crippen molar-refractivity contribution in [2.24, 2.45) is 0 Å². The van der Waals surface area contributed by atoms with Crippen molar-refractivity contribution < 1.29 is 9.47 Å². The van der Waals surface area contributed by atoms with Crippen LogP contribution in [0.3, 0.4) is 0 Å². The normalized spacial score (nSPS) is 9.86. The lowest BCUT2D eigenvalue weighted by Gasteiger charge is -2.07. The summed E-state index contributed by atoms with van der Waals surface area (Å²) in [5.74, 6) is 1.20. The topological polar surface area (TPSA) is 69.4 Å². The molecule has 14 heavy (non-hydrogen) atoms. The maximum Gasteiger partial charge on any atom is 0.216 e. The second kappa shape index (κ2) is 5.29. The molecule has 0 saturated heterocycles. The van der Waals surface area contributed by atoms with Crippen LogP contribution in [0.5, 0.6) is 5.88 Å². The predicted molar refractivity (Wildman–Crippen MR) is 55.6 cm³/mol. The van der Waals surface area contributed by atoms with Gasteiger partial charge in [-0.05, 0) is 0 Å². The zero-order valence-corrected chi connectivity index (χ0v) is 8.41. The first-order chi connectivity index (χ1) is 6.76. The van der Waals surface area contributed by atoms with Crippen molar-refractivity contribution in [3.05, 3.63) is 12.1 Å². The van der Waals surface area contributed by atoms with E-state index in [0.29, 0.717) is 30.5 Å². The van der Waals surface area contributed by atoms with Crippen molar-refractivity contribution in [3.63, 3.8) is 0 Å². The van der Waals surface area contributed by atoms with Gasteiger partial charge in [0.1, 0.15) is 5.82 Å². The summed E-state index contributed by atoms with van der Waals surface area (Å²) in [6, 6.07) is 3.42. The molecule has 0 fully saturated rings. The molecule has 0 aliphatic heterocycles. The summed E-state index contributed by atoms with van der Waals surface area (Å²) in [6.07, 6.45) is 0. The van der Waals surface area contributed by atoms with Gasteiger partial charge in [0.25, 0.3) is 0 Å². The highest BCUT2D eigenvalue weighted by Gasteiger charge is 1.99. The lowest BCUT2D eigenvalue weighted by Crippen LogP contribution is -2.09. The Kier molecular flexibility index (Phi) is 4.00. The largest absolute Gasteiger partial charge is 0.481 e. The molecular formula is C9H15N3O2. The molecule has 1 heterocycles. The summed E-state index contributed by atoms with van der Waals surface area (Å²) < 4.78 is 9.88. The summed E-state index contributed by atoms with van der Waals surface area (Å²) in [5.41, 5.74) is 6.27. The van der Waals surface area contributed by atoms with E-state index in [1.54, 1.807) is 26.4 Å². The van der Waals surface area contributed by atoms with Crippen molar-refractivity contribution in [1.82, 2.24) is 4.98 Å². The molecule has 1 aromatic heterocycles. The monoisotopic (exact) mass is 197 g/mol. The Bertz CT molecular complexity index is 291. The highest BCUT2D eigenvalue weighted by Crippen LogP contribution is 2.16. The Morgan fingerprint density at radius 2 is 2.21 bits per heavy atom. The van der Waals surface area contributed by atoms with E-state index < -0.39 is 0 Å². The van der Waals surface area contributed by atoms with Crippen LogP contribution in [0.2, 0.25) is 0 Å². The van der Waals surface area contributed by atoms with E-state index >= 15 is 0 Å². The summed E-state index contributed by atoms with van der Waals surface area (Å²) in [6.45, 7) is 1.31. The van der Waals surface area contributed by atoms with Crippen LogP contribution in [0.1, 0.15) is 0 Å². The molecule has 1 rings (SSSR count). The van der Waals surface area contributed by atoms with Gasteiger partial charge in [-0.25, -0.2) is 0 Å². The lowest BCUT2D eigenvalue weighted by molar-refractivity contribution is 0.210. The molecular weight excluding hydrogens is 182 g/mol. The first-order valence-corrected chi connectivity index (χ1v) is 4.30. The number of methoxy groups -OCH3 is 2. The second-order valence-corrected chi connectivity index (χ2v) is 2.75. The molecule has 0 aromatic carbocycles. The average molecular weight is 197 g/mol. The van der Waals surface area contributed by atoms with Crippen molar-refractivity contribution in [1.29, 1.82) is 0 Å². The maximum absolute atomic E-state index is 5.65. The summed E-state index contributed by atoms with van der Waals surface area (Å²) >= 11 is 0. The first kappa shape index (κ1) is 10.6. The third-order valence-electron chi connectivity index (χ3n) is 1.65. The average Bonchev–Trinajstić information content (AvgIpc) is 2.17. The summed E-state index contributed by atoms with van der Waals surface area (Å²) in [7, 11) is 3.20. The van der Waals surface area contributed by atoms with Crippen molar-refractivity contribution >= 4 is 11.5 Å². The van der Waals surface area contributed by atoms with Gasteiger partial charge < -0.3 is 20.5 Å². The fourth-order valence-corrected chi connectivity index (χ4v) is 1.00. The molecule has 0 aliphatic rings. The molecule has 5 nitrogen and oxygen atoms in total. The fraction of sp³-hybridized carbons (Fsp3) is 0.444. The number of anilines is 2. The molecule has 3 N–H and O–H groups in total. The smallest absolute Gasteiger partial charge is 0.216 e. The molecule has 0 spiro atoms. The van der Waals surface area contributed by atoms with Gasteiger partial charge in [-0.3, -0.25) is 0 Å². The minimum atomic E-state index is 0.505. The van der Waals surface area contributed by atoms with Gasteiger partial charge in [0.2, 0.25) is 5.88 Å². The number of pyridine rings is 1. The standard InChI is InChI=1S/C9H15N3O2/c1-13-4-3-11-8-5-7(10)6-9(12-8)14-2/h5-6H,3-4H2,1-2H3,(H3,10,11,12). The van der Waals surface area contributed by atoms with Gasteiger partial charge in [0, 0.05) is 31.5 Å². The zero-order valence-electron chi connectivity index (χ0n) is 8.41. The molecule has 0 saturated carbocycles. The van der Waals surface area contributed by atoms with E-state index in [4.69, 9.17) is 15.2 Å². The molecule has 1 aromatic rings. The van der Waals surface area contributed by atoms with Crippen LogP contribution >= 0.6 is 0 Å². The number of nitrogens with one attached hydrogen (secondary N) is 1. The van der Waals surface area contributed by atoms with E-state index in [1.165, 1.54) is 0 Å². The second-order valence-electron chi connectivity index (χ2n) is 2.75. The lowest BCUT2D eigenvalue weighted by atomic mass is 10.4. The van der Waals surface area contributed by atoms with Crippen LogP contribution in [0, 0.1) is 0 Å². The molecule has 0 atom stereocenters. The number of rotatable bonds is 5. The zero-order chi connectivity index (χ0) is 10.4. The van der Waals surface area contributed by atoms with Gasteiger partial charge in [-0.2, -0.15) is 4.98 Å². The molecule has 78 valence electrons. The molecule has 0 radical (unpaired) electrons. The number of nitrogens with two attached hydrogens (primary N) is 1. The number of hydrogen-bond acceptors (Lipinski definition) is 5. The van der Waals surface area contributed by atoms with Gasteiger partial charge >= 0.3 is 0 Å². The van der Waals surface area contributed by atoms with Crippen LogP contribution < -0.4 is 15.8 Å². The van der Waals surface area contributed by atoms with Crippen LogP contribution in [0.4, 0.5) is 11.5 Å². The third kappa shape index (κ3) is 3.10. The number of ether oxygens (including phenoxy) is 2. The van der Waals surface area contributed by atoms with Gasteiger partial charge in [-0.15, -0.1) is 0 Å². The first-order valence-electron chi connectivity index (χ1n) is 4.30. The van der Waals surface area contributed by atoms with Crippen molar-refractivity contribution in [2.45, 2.75) is 0 Å². The Morgan fingerprint density at radius 1 is 1.43 bits per heavy atom. The number of hydrogen-bond donors (Lipinski definition) is 2. The summed E-state index contributed by atoms with van der Waals surface area (Å²) in [5, 5.41) is 3.06. The van der Waals surface area contributed by atoms with Crippen molar-refractivity contribution in [3.8, 4) is 5.88 Å². The van der Waals surface area contributed by atoms with E-state index in [9.17, 15) is 0 Å². The minimum Gasteiger partial charge on any atom is -0.481 e. The Hall–Kier alpha value is -1.49. The van der Waals surface area contributed by atoms with E-state index in [1.807, 2.05) is 0 Å². The molecule has 0 aliphatic carbocycles. The maximum atomic E-state index is 5.65. The highest BCUT2D eigenvalue weighted by atomic mass is 16.5. The Labute approximate surface area is 83.2 Å². The molecule has 5 heteroatoms. The third-order valence-corrected chi connectivity index (χ3v) is 1.65. The fourth-order valence-electron chi connectivity index (χ4n) is 1.00. The number of nitrogen functional groups attached to an aromatic ring is 1. The predicted octanol–water partition coefficient (Wildman–Crippen LogP) is 0.731. The Morgan fingerprint density at radius 3 is 2.86 bits per heavy atom.